The van der Waals surface area contributed by atoms with Gasteiger partial charge in [0.05, 0.1) is 28.7 Å². The molecule has 4 heterocycles. The average molecular weight is 913 g/mol. The molecular weight excluding hydrogens is 841 g/mol. The van der Waals surface area contributed by atoms with Crippen molar-refractivity contribution in [2.75, 3.05) is 0 Å². The van der Waals surface area contributed by atoms with Gasteiger partial charge in [-0.05, 0) is 176 Å². The van der Waals surface area contributed by atoms with Crippen LogP contribution in [0.2, 0.25) is 0 Å². The van der Waals surface area contributed by atoms with Crippen LogP contribution < -0.4 is 0 Å². The Hall–Kier alpha value is -7.16. The second kappa shape index (κ2) is 19.8. The van der Waals surface area contributed by atoms with Crippen molar-refractivity contribution in [1.29, 1.82) is 5.26 Å². The number of rotatable bonds is 14. The number of furan rings is 1. The number of pyridine rings is 3. The third-order valence-corrected chi connectivity index (χ3v) is 14.0. The summed E-state index contributed by atoms with van der Waals surface area (Å²) in [6.45, 7) is 3.44. The lowest BCUT2D eigenvalue weighted by molar-refractivity contribution is 0.666. The molecule has 0 radical (unpaired) electrons. The molecule has 11 rings (SSSR count). The van der Waals surface area contributed by atoms with E-state index in [9.17, 15) is 21.7 Å². The number of benzene rings is 5. The van der Waals surface area contributed by atoms with E-state index in [1.165, 1.54) is 18.6 Å². The van der Waals surface area contributed by atoms with Crippen molar-refractivity contribution in [3.63, 3.8) is 0 Å². The molecule has 5 aromatic carbocycles. The summed E-state index contributed by atoms with van der Waals surface area (Å²) in [6.07, 6.45) is -7.58. The van der Waals surface area contributed by atoms with E-state index in [0.29, 0.717) is 61.6 Å². The summed E-state index contributed by atoms with van der Waals surface area (Å²) in [5, 5.41) is 11.3. The average Bonchev–Trinajstić information content (AvgIpc) is 4.42. The number of hydrogen-bond acceptors (Lipinski definition) is 5. The topological polar surface area (TPSA) is 75.6 Å². The molecule has 4 aromatic heterocycles. The van der Waals surface area contributed by atoms with Crippen molar-refractivity contribution < 1.29 is 20.9 Å². The van der Waals surface area contributed by atoms with Gasteiger partial charge in [-0.1, -0.05) is 117 Å². The Kier molecular flexibility index (Phi) is 9.35. The Morgan fingerprint density at radius 1 is 0.522 bits per heavy atom. The molecule has 0 saturated heterocycles. The van der Waals surface area contributed by atoms with Crippen LogP contribution in [0.5, 0.6) is 0 Å². The molecule has 0 N–H and O–H groups in total. The van der Waals surface area contributed by atoms with E-state index < -0.39 is 54.9 Å². The molecule has 0 aliphatic heterocycles. The smallest absolute Gasteiger partial charge is 0.144 e. The SMILES string of the molecule is [2H]C([2H])(c1cc(C([2H])([2H])C([2H])([2H])c2cnc(-c3ccccc3)cc2C2CCCC2)cc(C([2H])([2H])C([2H])([2H])c2cnc(-c3ccccc3)cc2C2CCCC2)c1)C([2H])([2H])c1cnc(-c2cccc3c2oc2c(C)c(C#N)ccc23)cc1C. The fourth-order valence-electron chi connectivity index (χ4n) is 10.2. The van der Waals surface area contributed by atoms with Crippen LogP contribution in [0.1, 0.15) is 141 Å². The van der Waals surface area contributed by atoms with Crippen LogP contribution in [0.25, 0.3) is 55.7 Å². The molecular formula is C64H60N4O. The zero-order valence-corrected chi connectivity index (χ0v) is 38.9. The lowest BCUT2D eigenvalue weighted by atomic mass is 9.88. The normalized spacial score (nSPS) is 18.1. The number of aromatic nitrogens is 3. The summed E-state index contributed by atoms with van der Waals surface area (Å²) < 4.78 is 125. The number of nitrogens with zero attached hydrogens (tertiary/aromatic N) is 4. The summed E-state index contributed by atoms with van der Waals surface area (Å²) in [5.41, 5.74) is 5.65. The van der Waals surface area contributed by atoms with Crippen molar-refractivity contribution in [3.8, 4) is 39.8 Å². The van der Waals surface area contributed by atoms with E-state index in [-0.39, 0.29) is 28.5 Å². The highest BCUT2D eigenvalue weighted by atomic mass is 16.3. The largest absolute Gasteiger partial charge is 0.455 e. The minimum Gasteiger partial charge on any atom is -0.455 e. The lowest BCUT2D eigenvalue weighted by Gasteiger charge is -2.18. The van der Waals surface area contributed by atoms with Crippen LogP contribution in [0, 0.1) is 25.2 Å². The molecule has 342 valence electrons. The summed E-state index contributed by atoms with van der Waals surface area (Å²) in [6, 6.07) is 38.6. The zero-order chi connectivity index (χ0) is 57.4. The van der Waals surface area contributed by atoms with Crippen molar-refractivity contribution >= 4 is 21.9 Å². The molecule has 5 nitrogen and oxygen atoms in total. The van der Waals surface area contributed by atoms with Gasteiger partial charge in [-0.3, -0.25) is 15.0 Å². The predicted molar refractivity (Wildman–Crippen MR) is 282 cm³/mol. The van der Waals surface area contributed by atoms with Gasteiger partial charge in [0.1, 0.15) is 11.2 Å². The predicted octanol–water partition coefficient (Wildman–Crippen LogP) is 15.9. The van der Waals surface area contributed by atoms with Crippen molar-refractivity contribution in [3.05, 3.63) is 207 Å². The molecule has 2 saturated carbocycles. The van der Waals surface area contributed by atoms with E-state index in [2.05, 4.69) is 21.0 Å². The quantitative estimate of drug-likeness (QED) is 0.109. The Morgan fingerprint density at radius 2 is 1.01 bits per heavy atom. The van der Waals surface area contributed by atoms with Gasteiger partial charge in [-0.2, -0.15) is 5.26 Å². The van der Waals surface area contributed by atoms with Gasteiger partial charge in [0.15, 0.2) is 0 Å². The van der Waals surface area contributed by atoms with Gasteiger partial charge >= 0.3 is 0 Å². The molecule has 0 spiro atoms. The molecule has 0 unspecified atom stereocenters. The number of aryl methyl sites for hydroxylation is 8. The number of hydrogen-bond donors (Lipinski definition) is 0. The van der Waals surface area contributed by atoms with Crippen molar-refractivity contribution in [2.45, 2.75) is 115 Å². The minimum absolute atomic E-state index is 0.0179. The van der Waals surface area contributed by atoms with Crippen LogP contribution in [-0.4, -0.2) is 15.0 Å². The van der Waals surface area contributed by atoms with E-state index in [0.717, 1.165) is 91.5 Å². The highest BCUT2D eigenvalue weighted by molar-refractivity contribution is 6.10. The van der Waals surface area contributed by atoms with Crippen LogP contribution in [0.3, 0.4) is 0 Å². The molecule has 69 heavy (non-hydrogen) atoms. The van der Waals surface area contributed by atoms with E-state index in [1.54, 1.807) is 19.1 Å². The van der Waals surface area contributed by atoms with Gasteiger partial charge in [0, 0.05) is 68.1 Å². The van der Waals surface area contributed by atoms with Crippen LogP contribution >= 0.6 is 0 Å². The molecule has 2 aliphatic carbocycles. The Bertz CT molecular complexity index is 3770. The second-order valence-electron chi connectivity index (χ2n) is 18.5. The van der Waals surface area contributed by atoms with E-state index in [1.807, 2.05) is 104 Å². The number of fused-ring (bicyclic) bond motifs is 3. The molecule has 5 heteroatoms. The summed E-state index contributed by atoms with van der Waals surface area (Å²) >= 11 is 0. The zero-order valence-electron chi connectivity index (χ0n) is 50.9. The van der Waals surface area contributed by atoms with Gasteiger partial charge in [-0.25, -0.2) is 0 Å². The van der Waals surface area contributed by atoms with E-state index >= 15 is 0 Å². The second-order valence-corrected chi connectivity index (χ2v) is 18.5. The fourth-order valence-corrected chi connectivity index (χ4v) is 10.2. The first-order valence-corrected chi connectivity index (χ1v) is 24.1. The maximum absolute atomic E-state index is 9.94. The van der Waals surface area contributed by atoms with Gasteiger partial charge in [0.25, 0.3) is 0 Å². The van der Waals surface area contributed by atoms with Crippen LogP contribution in [-0.2, 0) is 38.2 Å². The third kappa shape index (κ3) is 9.38. The molecule has 0 amide bonds. The molecule has 0 atom stereocenters. The Labute approximate surface area is 424 Å². The minimum atomic E-state index is -3.13. The highest BCUT2D eigenvalue weighted by Gasteiger charge is 2.24. The van der Waals surface area contributed by atoms with Crippen molar-refractivity contribution in [2.24, 2.45) is 0 Å². The number of para-hydroxylation sites is 1. The fraction of sp³-hybridized carbons (Fsp3) is 0.281. The summed E-state index contributed by atoms with van der Waals surface area (Å²) in [5.74, 6) is -0.234. The van der Waals surface area contributed by atoms with Crippen LogP contribution in [0.4, 0.5) is 0 Å². The summed E-state index contributed by atoms with van der Waals surface area (Å²) in [7, 11) is 0. The van der Waals surface area contributed by atoms with Gasteiger partial charge < -0.3 is 4.42 Å². The first kappa shape index (κ1) is 32.6. The first-order valence-electron chi connectivity index (χ1n) is 30.1. The van der Waals surface area contributed by atoms with E-state index in [4.69, 9.17) is 4.42 Å². The lowest BCUT2D eigenvalue weighted by Crippen LogP contribution is -2.06. The highest BCUT2D eigenvalue weighted by Crippen LogP contribution is 2.40. The van der Waals surface area contributed by atoms with Gasteiger partial charge in [-0.15, -0.1) is 0 Å². The first-order chi connectivity index (χ1) is 38.5. The van der Waals surface area contributed by atoms with Gasteiger partial charge in [0.2, 0.25) is 0 Å². The molecule has 9 aromatic rings. The van der Waals surface area contributed by atoms with Crippen molar-refractivity contribution in [1.82, 2.24) is 15.0 Å². The Morgan fingerprint density at radius 3 is 1.54 bits per heavy atom. The maximum atomic E-state index is 9.94. The maximum Gasteiger partial charge on any atom is 0.144 e. The third-order valence-electron chi connectivity index (χ3n) is 14.0. The Balaban J connectivity index is 1.06. The molecule has 0 bridgehead atoms. The molecule has 2 aliphatic rings. The summed E-state index contributed by atoms with van der Waals surface area (Å²) in [4.78, 5) is 14.0. The van der Waals surface area contributed by atoms with Crippen LogP contribution in [0.15, 0.2) is 150 Å². The monoisotopic (exact) mass is 913 g/mol. The molecule has 2 fully saturated rings. The number of nitriles is 1. The standard InChI is InChI=1S/C64H60N4O/c1-42-32-62(57-23-13-22-55-56-31-30-51(38-65)43(2)63(56)69-64(55)57)68-39-52(42)27-24-44-33-45(25-28-53-40-66-60(49-18-5-3-6-19-49)36-58(53)47-14-9-10-15-47)35-46(34-44)26-29-54-41-67-61(50-20-7-4-8-21-50)37-59(54)48-16-11-12-17-48/h3-8,13,18-23,30-37,39-41,47-48H,9-12,14-17,24-29H2,1-2H3/i24D2,25D2,26D2,27D2,28D2,29D2.